The van der Waals surface area contributed by atoms with Gasteiger partial charge in [-0.3, -0.25) is 9.59 Å². The predicted molar refractivity (Wildman–Crippen MR) is 96.3 cm³/mol. The molecule has 6 heteroatoms. The van der Waals surface area contributed by atoms with Crippen LogP contribution < -0.4 is 15.0 Å². The van der Waals surface area contributed by atoms with E-state index in [4.69, 9.17) is 4.74 Å². The van der Waals surface area contributed by atoms with Gasteiger partial charge in [0.05, 0.1) is 0 Å². The quantitative estimate of drug-likeness (QED) is 0.850. The molecule has 0 aliphatic carbocycles. The average Bonchev–Trinajstić information content (AvgIpc) is 3.01. The highest BCUT2D eigenvalue weighted by atomic mass is 79.9. The molecule has 0 saturated carbocycles. The highest BCUT2D eigenvalue weighted by Crippen LogP contribution is 2.24. The lowest BCUT2D eigenvalue weighted by Gasteiger charge is -2.16. The minimum absolute atomic E-state index is 0.0749. The second-order valence-electron chi connectivity index (χ2n) is 5.49. The van der Waals surface area contributed by atoms with Gasteiger partial charge in [0.2, 0.25) is 5.91 Å². The molecule has 2 aromatic carbocycles. The van der Waals surface area contributed by atoms with Gasteiger partial charge in [0.1, 0.15) is 5.75 Å². The number of hydrogen-bond donors (Lipinski definition) is 1. The Labute approximate surface area is 148 Å². The van der Waals surface area contributed by atoms with E-state index in [0.29, 0.717) is 17.9 Å². The number of halogens is 1. The van der Waals surface area contributed by atoms with E-state index in [1.807, 2.05) is 24.3 Å². The van der Waals surface area contributed by atoms with E-state index in [-0.39, 0.29) is 18.4 Å². The van der Waals surface area contributed by atoms with Gasteiger partial charge in [-0.1, -0.05) is 22.0 Å². The molecule has 1 fully saturated rings. The Bertz CT molecular complexity index is 746. The van der Waals surface area contributed by atoms with Crippen LogP contribution in [0, 0.1) is 0 Å². The van der Waals surface area contributed by atoms with Crippen LogP contribution in [0.15, 0.2) is 53.0 Å². The Balaban J connectivity index is 1.58. The normalized spacial score (nSPS) is 13.9. The lowest BCUT2D eigenvalue weighted by Crippen LogP contribution is -2.24. The molecule has 1 aliphatic rings. The van der Waals surface area contributed by atoms with Crippen LogP contribution in [-0.4, -0.2) is 25.0 Å². The van der Waals surface area contributed by atoms with Gasteiger partial charge in [0.15, 0.2) is 6.61 Å². The molecule has 0 atom stereocenters. The molecule has 2 aromatic rings. The number of hydrogen-bond acceptors (Lipinski definition) is 3. The van der Waals surface area contributed by atoms with E-state index in [9.17, 15) is 9.59 Å². The molecule has 3 rings (SSSR count). The Kier molecular flexibility index (Phi) is 5.15. The zero-order valence-corrected chi connectivity index (χ0v) is 14.6. The van der Waals surface area contributed by atoms with Crippen LogP contribution in [0.3, 0.4) is 0 Å². The van der Waals surface area contributed by atoms with Crippen molar-refractivity contribution in [1.29, 1.82) is 0 Å². The van der Waals surface area contributed by atoms with E-state index in [1.54, 1.807) is 29.2 Å². The smallest absolute Gasteiger partial charge is 0.262 e. The highest BCUT2D eigenvalue weighted by molar-refractivity contribution is 9.10. The minimum atomic E-state index is -0.247. The summed E-state index contributed by atoms with van der Waals surface area (Å²) in [4.78, 5) is 25.6. The first-order valence-electron chi connectivity index (χ1n) is 7.70. The van der Waals surface area contributed by atoms with E-state index >= 15 is 0 Å². The highest BCUT2D eigenvalue weighted by Gasteiger charge is 2.21. The van der Waals surface area contributed by atoms with Crippen molar-refractivity contribution < 1.29 is 14.3 Å². The van der Waals surface area contributed by atoms with Gasteiger partial charge in [-0.25, -0.2) is 0 Å². The third-order valence-electron chi connectivity index (χ3n) is 3.70. The van der Waals surface area contributed by atoms with Crippen LogP contribution in [0.25, 0.3) is 0 Å². The standard InChI is InChI=1S/C18H17BrN2O3/c19-13-6-8-16(9-7-13)24-12-17(22)20-14-3-1-4-15(11-14)21-10-2-5-18(21)23/h1,3-4,6-9,11H,2,5,10,12H2,(H,20,22). The number of ether oxygens (including phenoxy) is 1. The predicted octanol–water partition coefficient (Wildman–Crippen LogP) is 3.59. The Morgan fingerprint density at radius 2 is 2.00 bits per heavy atom. The zero-order chi connectivity index (χ0) is 16.9. The number of carbonyl (C=O) groups excluding carboxylic acids is 2. The molecule has 1 saturated heterocycles. The number of rotatable bonds is 5. The summed E-state index contributed by atoms with van der Waals surface area (Å²) in [7, 11) is 0. The summed E-state index contributed by atoms with van der Waals surface area (Å²) < 4.78 is 6.40. The van der Waals surface area contributed by atoms with Crippen LogP contribution in [0.5, 0.6) is 5.75 Å². The summed E-state index contributed by atoms with van der Waals surface area (Å²) in [6.45, 7) is 0.650. The summed E-state index contributed by atoms with van der Waals surface area (Å²) in [6.07, 6.45) is 1.45. The number of anilines is 2. The molecule has 24 heavy (non-hydrogen) atoms. The molecule has 0 aromatic heterocycles. The number of amides is 2. The maximum atomic E-state index is 12.0. The van der Waals surface area contributed by atoms with Gasteiger partial charge in [-0.15, -0.1) is 0 Å². The first-order valence-corrected chi connectivity index (χ1v) is 8.50. The molecule has 0 unspecified atom stereocenters. The molecule has 124 valence electrons. The van der Waals surface area contributed by atoms with Crippen LogP contribution in [-0.2, 0) is 9.59 Å². The fourth-order valence-electron chi connectivity index (χ4n) is 2.55. The van der Waals surface area contributed by atoms with Gasteiger partial charge in [0, 0.05) is 28.8 Å². The van der Waals surface area contributed by atoms with E-state index < -0.39 is 0 Å². The second-order valence-corrected chi connectivity index (χ2v) is 6.41. The lowest BCUT2D eigenvalue weighted by atomic mass is 10.2. The first-order chi connectivity index (χ1) is 11.6. The van der Waals surface area contributed by atoms with Crippen molar-refractivity contribution >= 4 is 39.1 Å². The summed E-state index contributed by atoms with van der Waals surface area (Å²) in [5, 5.41) is 2.79. The zero-order valence-electron chi connectivity index (χ0n) is 13.0. The van der Waals surface area contributed by atoms with Crippen LogP contribution in [0.4, 0.5) is 11.4 Å². The van der Waals surface area contributed by atoms with Crippen molar-refractivity contribution in [3.63, 3.8) is 0 Å². The van der Waals surface area contributed by atoms with E-state index in [2.05, 4.69) is 21.2 Å². The van der Waals surface area contributed by atoms with E-state index in [1.165, 1.54) is 0 Å². The van der Waals surface area contributed by atoms with Crippen LogP contribution >= 0.6 is 15.9 Å². The van der Waals surface area contributed by atoms with Crippen LogP contribution in [0.1, 0.15) is 12.8 Å². The third kappa shape index (κ3) is 4.14. The molecule has 5 nitrogen and oxygen atoms in total. The molecule has 2 amide bonds. The molecule has 0 radical (unpaired) electrons. The molecule has 1 heterocycles. The average molecular weight is 389 g/mol. The van der Waals surface area contributed by atoms with Gasteiger partial charge < -0.3 is 15.0 Å². The second kappa shape index (κ2) is 7.49. The van der Waals surface area contributed by atoms with E-state index in [0.717, 1.165) is 23.1 Å². The molecular weight excluding hydrogens is 372 g/mol. The van der Waals surface area contributed by atoms with Crippen LogP contribution in [0.2, 0.25) is 0 Å². The maximum Gasteiger partial charge on any atom is 0.262 e. The minimum Gasteiger partial charge on any atom is -0.484 e. The van der Waals surface area contributed by atoms with Gasteiger partial charge >= 0.3 is 0 Å². The topological polar surface area (TPSA) is 58.6 Å². The largest absolute Gasteiger partial charge is 0.484 e. The molecular formula is C18H17BrN2O3. The molecule has 0 spiro atoms. The monoisotopic (exact) mass is 388 g/mol. The van der Waals surface area contributed by atoms with Crippen molar-refractivity contribution in [3.8, 4) is 5.75 Å². The first kappa shape index (κ1) is 16.5. The van der Waals surface area contributed by atoms with Gasteiger partial charge in [-0.05, 0) is 48.9 Å². The van der Waals surface area contributed by atoms with Gasteiger partial charge in [0.25, 0.3) is 5.91 Å². The van der Waals surface area contributed by atoms with Crippen molar-refractivity contribution in [2.45, 2.75) is 12.8 Å². The molecule has 1 N–H and O–H groups in total. The number of nitrogens with zero attached hydrogens (tertiary/aromatic N) is 1. The van der Waals surface area contributed by atoms with Crippen molar-refractivity contribution in [3.05, 3.63) is 53.0 Å². The summed E-state index contributed by atoms with van der Waals surface area (Å²) >= 11 is 3.35. The number of nitrogens with one attached hydrogen (secondary N) is 1. The van der Waals surface area contributed by atoms with Crippen molar-refractivity contribution in [1.82, 2.24) is 0 Å². The van der Waals surface area contributed by atoms with Crippen molar-refractivity contribution in [2.24, 2.45) is 0 Å². The number of benzene rings is 2. The lowest BCUT2D eigenvalue weighted by molar-refractivity contribution is -0.118. The molecule has 0 bridgehead atoms. The summed E-state index contributed by atoms with van der Waals surface area (Å²) in [5.41, 5.74) is 1.46. The Morgan fingerprint density at radius 1 is 1.21 bits per heavy atom. The maximum absolute atomic E-state index is 12.0. The van der Waals surface area contributed by atoms with Gasteiger partial charge in [-0.2, -0.15) is 0 Å². The molecule has 1 aliphatic heterocycles. The SMILES string of the molecule is O=C(COc1ccc(Br)cc1)Nc1cccc(N2CCCC2=O)c1. The van der Waals surface area contributed by atoms with Crippen molar-refractivity contribution in [2.75, 3.05) is 23.4 Å². The third-order valence-corrected chi connectivity index (χ3v) is 4.23. The Hall–Kier alpha value is -2.34. The fraction of sp³-hybridized carbons (Fsp3) is 0.222. The Morgan fingerprint density at radius 3 is 2.71 bits per heavy atom. The summed E-state index contributed by atoms with van der Waals surface area (Å²) in [5.74, 6) is 0.504. The fourth-order valence-corrected chi connectivity index (χ4v) is 2.81. The number of carbonyl (C=O) groups is 2. The summed E-state index contributed by atoms with van der Waals surface area (Å²) in [6, 6.07) is 14.6.